The van der Waals surface area contributed by atoms with E-state index in [2.05, 4.69) is 43.4 Å². The lowest BCUT2D eigenvalue weighted by molar-refractivity contribution is 0.690. The van der Waals surface area contributed by atoms with Gasteiger partial charge in [0.2, 0.25) is 0 Å². The summed E-state index contributed by atoms with van der Waals surface area (Å²) in [5.74, 6) is 0.659. The van der Waals surface area contributed by atoms with Crippen molar-refractivity contribution in [3.05, 3.63) is 29.8 Å². The fourth-order valence-electron chi connectivity index (χ4n) is 1.67. The van der Waals surface area contributed by atoms with Crippen LogP contribution in [-0.2, 0) is 0 Å². The van der Waals surface area contributed by atoms with Gasteiger partial charge in [-0.3, -0.25) is 0 Å². The van der Waals surface area contributed by atoms with Crippen LogP contribution in [-0.4, -0.2) is 6.04 Å². The van der Waals surface area contributed by atoms with E-state index in [-0.39, 0.29) is 0 Å². The SMILES string of the molecule is C[C@@H]1Nc2ccccc2[C@@H]1C. The highest BCUT2D eigenvalue weighted by Crippen LogP contribution is 2.34. The van der Waals surface area contributed by atoms with E-state index in [1.807, 2.05) is 0 Å². The van der Waals surface area contributed by atoms with Crippen LogP contribution in [0.15, 0.2) is 24.3 Å². The van der Waals surface area contributed by atoms with Crippen molar-refractivity contribution < 1.29 is 0 Å². The van der Waals surface area contributed by atoms with Gasteiger partial charge in [-0.25, -0.2) is 0 Å². The standard InChI is InChI=1S/C10H13N/c1-7-8(2)11-10-6-4-3-5-9(7)10/h3-8,11H,1-2H3/t7-,8+/m1/s1. The van der Waals surface area contributed by atoms with E-state index in [9.17, 15) is 0 Å². The Morgan fingerprint density at radius 2 is 1.91 bits per heavy atom. The van der Waals surface area contributed by atoms with E-state index in [0.29, 0.717) is 12.0 Å². The van der Waals surface area contributed by atoms with E-state index in [1.54, 1.807) is 0 Å². The van der Waals surface area contributed by atoms with Gasteiger partial charge in [0.25, 0.3) is 0 Å². The number of rotatable bonds is 0. The summed E-state index contributed by atoms with van der Waals surface area (Å²) in [5.41, 5.74) is 2.77. The maximum Gasteiger partial charge on any atom is 0.0378 e. The Kier molecular flexibility index (Phi) is 1.38. The molecule has 1 heterocycles. The largest absolute Gasteiger partial charge is 0.382 e. The van der Waals surface area contributed by atoms with Gasteiger partial charge in [-0.1, -0.05) is 25.1 Å². The average Bonchev–Trinajstić information content (AvgIpc) is 2.30. The molecule has 0 saturated heterocycles. The number of nitrogens with one attached hydrogen (secondary N) is 1. The summed E-state index contributed by atoms with van der Waals surface area (Å²) < 4.78 is 0. The van der Waals surface area contributed by atoms with Crippen molar-refractivity contribution in [3.8, 4) is 0 Å². The molecule has 1 aromatic carbocycles. The lowest BCUT2D eigenvalue weighted by Gasteiger charge is -2.08. The molecule has 11 heavy (non-hydrogen) atoms. The van der Waals surface area contributed by atoms with Crippen LogP contribution >= 0.6 is 0 Å². The summed E-state index contributed by atoms with van der Waals surface area (Å²) >= 11 is 0. The van der Waals surface area contributed by atoms with Gasteiger partial charge in [0.1, 0.15) is 0 Å². The van der Waals surface area contributed by atoms with Crippen molar-refractivity contribution in [2.75, 3.05) is 5.32 Å². The average molecular weight is 147 g/mol. The number of hydrogen-bond acceptors (Lipinski definition) is 1. The van der Waals surface area contributed by atoms with Crippen LogP contribution in [0, 0.1) is 0 Å². The van der Waals surface area contributed by atoms with Gasteiger partial charge in [0, 0.05) is 17.6 Å². The molecule has 1 N–H and O–H groups in total. The molecule has 1 heteroatoms. The van der Waals surface area contributed by atoms with Gasteiger partial charge >= 0.3 is 0 Å². The van der Waals surface area contributed by atoms with Gasteiger partial charge < -0.3 is 5.32 Å². The number of anilines is 1. The zero-order valence-electron chi connectivity index (χ0n) is 6.96. The van der Waals surface area contributed by atoms with E-state index in [4.69, 9.17) is 0 Å². The van der Waals surface area contributed by atoms with Gasteiger partial charge in [0.05, 0.1) is 0 Å². The molecule has 0 aromatic heterocycles. The topological polar surface area (TPSA) is 12.0 Å². The van der Waals surface area contributed by atoms with Crippen LogP contribution in [0.25, 0.3) is 0 Å². The molecule has 0 spiro atoms. The molecule has 0 aliphatic carbocycles. The van der Waals surface area contributed by atoms with Crippen LogP contribution in [0.5, 0.6) is 0 Å². The van der Waals surface area contributed by atoms with Gasteiger partial charge in [-0.2, -0.15) is 0 Å². The molecule has 0 radical (unpaired) electrons. The smallest absolute Gasteiger partial charge is 0.0378 e. The predicted molar refractivity (Wildman–Crippen MR) is 47.9 cm³/mol. The molecule has 1 nitrogen and oxygen atoms in total. The molecule has 58 valence electrons. The molecular weight excluding hydrogens is 134 g/mol. The van der Waals surface area contributed by atoms with E-state index >= 15 is 0 Å². The normalized spacial score (nSPS) is 27.8. The van der Waals surface area contributed by atoms with E-state index in [1.165, 1.54) is 11.3 Å². The number of benzene rings is 1. The first-order valence-electron chi connectivity index (χ1n) is 4.14. The Labute approximate surface area is 67.4 Å². The van der Waals surface area contributed by atoms with Crippen molar-refractivity contribution in [3.63, 3.8) is 0 Å². The lowest BCUT2D eigenvalue weighted by atomic mass is 9.99. The molecular formula is C10H13N. The summed E-state index contributed by atoms with van der Waals surface area (Å²) in [6.45, 7) is 4.49. The molecule has 0 saturated carbocycles. The Bertz CT molecular complexity index is 267. The van der Waals surface area contributed by atoms with Crippen molar-refractivity contribution in [2.45, 2.75) is 25.8 Å². The number of hydrogen-bond donors (Lipinski definition) is 1. The molecule has 0 unspecified atom stereocenters. The monoisotopic (exact) mass is 147 g/mol. The highest BCUT2D eigenvalue weighted by atomic mass is 15.0. The Balaban J connectivity index is 2.47. The fraction of sp³-hybridized carbons (Fsp3) is 0.400. The summed E-state index contributed by atoms with van der Waals surface area (Å²) in [6.07, 6.45) is 0. The first kappa shape index (κ1) is 6.71. The van der Waals surface area contributed by atoms with Crippen molar-refractivity contribution in [1.29, 1.82) is 0 Å². The summed E-state index contributed by atoms with van der Waals surface area (Å²) in [4.78, 5) is 0. The van der Waals surface area contributed by atoms with Crippen LogP contribution in [0.3, 0.4) is 0 Å². The van der Waals surface area contributed by atoms with Gasteiger partial charge in [-0.05, 0) is 18.6 Å². The van der Waals surface area contributed by atoms with Crippen molar-refractivity contribution in [1.82, 2.24) is 0 Å². The minimum absolute atomic E-state index is 0.590. The second-order valence-corrected chi connectivity index (χ2v) is 3.31. The third-order valence-corrected chi connectivity index (χ3v) is 2.58. The first-order chi connectivity index (χ1) is 5.29. The fourth-order valence-corrected chi connectivity index (χ4v) is 1.67. The Morgan fingerprint density at radius 3 is 2.64 bits per heavy atom. The second-order valence-electron chi connectivity index (χ2n) is 3.31. The molecule has 0 fully saturated rings. The Morgan fingerprint density at radius 1 is 1.18 bits per heavy atom. The summed E-state index contributed by atoms with van der Waals surface area (Å²) in [5, 5.41) is 3.45. The van der Waals surface area contributed by atoms with E-state index in [0.717, 1.165) is 0 Å². The highest BCUT2D eigenvalue weighted by Gasteiger charge is 2.23. The van der Waals surface area contributed by atoms with Crippen LogP contribution in [0.1, 0.15) is 25.3 Å². The highest BCUT2D eigenvalue weighted by molar-refractivity contribution is 5.58. The van der Waals surface area contributed by atoms with Crippen LogP contribution in [0.2, 0.25) is 0 Å². The molecule has 0 amide bonds. The van der Waals surface area contributed by atoms with E-state index < -0.39 is 0 Å². The molecule has 0 bridgehead atoms. The maximum absolute atomic E-state index is 3.45. The third kappa shape index (κ3) is 0.917. The lowest BCUT2D eigenvalue weighted by Crippen LogP contribution is -2.12. The van der Waals surface area contributed by atoms with Crippen LogP contribution in [0.4, 0.5) is 5.69 Å². The van der Waals surface area contributed by atoms with Gasteiger partial charge in [-0.15, -0.1) is 0 Å². The zero-order valence-corrected chi connectivity index (χ0v) is 6.96. The minimum atomic E-state index is 0.590. The molecule has 1 aromatic rings. The van der Waals surface area contributed by atoms with Gasteiger partial charge in [0.15, 0.2) is 0 Å². The minimum Gasteiger partial charge on any atom is -0.382 e. The molecule has 2 atom stereocenters. The second kappa shape index (κ2) is 2.26. The number of para-hydroxylation sites is 1. The zero-order chi connectivity index (χ0) is 7.84. The predicted octanol–water partition coefficient (Wildman–Crippen LogP) is 2.60. The first-order valence-corrected chi connectivity index (χ1v) is 4.14. The third-order valence-electron chi connectivity index (χ3n) is 2.58. The maximum atomic E-state index is 3.45. The quantitative estimate of drug-likeness (QED) is 0.594. The molecule has 2 rings (SSSR count). The van der Waals surface area contributed by atoms with Crippen molar-refractivity contribution >= 4 is 5.69 Å². The molecule has 1 aliphatic rings. The Hall–Kier alpha value is -0.980. The summed E-state index contributed by atoms with van der Waals surface area (Å²) in [6, 6.07) is 9.13. The van der Waals surface area contributed by atoms with Crippen molar-refractivity contribution in [2.24, 2.45) is 0 Å². The summed E-state index contributed by atoms with van der Waals surface area (Å²) in [7, 11) is 0. The molecule has 1 aliphatic heterocycles. The van der Waals surface area contributed by atoms with Crippen LogP contribution < -0.4 is 5.32 Å². The number of fused-ring (bicyclic) bond motifs is 1.